The van der Waals surface area contributed by atoms with Crippen molar-refractivity contribution in [2.75, 3.05) is 0 Å². The molecule has 0 unspecified atom stereocenters. The van der Waals surface area contributed by atoms with Crippen LogP contribution in [-0.4, -0.2) is 19.4 Å². The highest BCUT2D eigenvalue weighted by Gasteiger charge is 2.34. The van der Waals surface area contributed by atoms with Crippen LogP contribution in [-0.2, 0) is 9.84 Å². The zero-order valence-electron chi connectivity index (χ0n) is 17.7. The fourth-order valence-corrected chi connectivity index (χ4v) is 5.37. The molecule has 0 aliphatic carbocycles. The fourth-order valence-electron chi connectivity index (χ4n) is 3.83. The molecular formula is C27H19NO4S. The third-order valence-electron chi connectivity index (χ3n) is 5.53. The summed E-state index contributed by atoms with van der Waals surface area (Å²) in [5.74, 6) is -0.467. The smallest absolute Gasteiger partial charge is 0.216 e. The van der Waals surface area contributed by atoms with Gasteiger partial charge in [0.1, 0.15) is 0 Å². The Morgan fingerprint density at radius 2 is 1.45 bits per heavy atom. The monoisotopic (exact) mass is 453 g/mol. The molecule has 5 nitrogen and oxygen atoms in total. The molecule has 0 spiro atoms. The lowest BCUT2D eigenvalue weighted by atomic mass is 9.99. The van der Waals surface area contributed by atoms with Gasteiger partial charge in [-0.1, -0.05) is 95.6 Å². The van der Waals surface area contributed by atoms with E-state index in [0.717, 1.165) is 10.9 Å². The van der Waals surface area contributed by atoms with Gasteiger partial charge in [-0.2, -0.15) is 0 Å². The lowest BCUT2D eigenvalue weighted by Crippen LogP contribution is -2.11. The number of hydrogen-bond donors (Lipinski definition) is 0. The van der Waals surface area contributed by atoms with E-state index in [9.17, 15) is 13.2 Å². The number of carbonyl (C=O) groups is 1. The van der Waals surface area contributed by atoms with E-state index in [2.05, 4.69) is 5.16 Å². The predicted molar refractivity (Wildman–Crippen MR) is 126 cm³/mol. The third-order valence-corrected chi connectivity index (χ3v) is 7.34. The minimum Gasteiger partial charge on any atom is -0.354 e. The Bertz CT molecular complexity index is 1580. The van der Waals surface area contributed by atoms with E-state index in [1.807, 2.05) is 49.4 Å². The lowest BCUT2D eigenvalue weighted by Gasteiger charge is -2.08. The molecule has 0 N–H and O–H groups in total. The van der Waals surface area contributed by atoms with E-state index in [1.165, 1.54) is 12.1 Å². The standard InChI is InChI=1S/C27H19NO4S/c1-18-14-16-20(17-15-18)26-27(33(30,31)21-10-3-2-4-11-21)24(28-32-26)25(29)23-13-7-9-19-8-5-6-12-22(19)23/h2-17H,1H3. The van der Waals surface area contributed by atoms with E-state index in [0.29, 0.717) is 16.5 Å². The molecule has 0 amide bonds. The molecule has 162 valence electrons. The number of benzene rings is 4. The second kappa shape index (κ2) is 8.15. The quantitative estimate of drug-likeness (QED) is 0.311. The van der Waals surface area contributed by atoms with Crippen LogP contribution in [0.2, 0.25) is 0 Å². The highest BCUT2D eigenvalue weighted by Crippen LogP contribution is 2.36. The topological polar surface area (TPSA) is 77.2 Å². The van der Waals surface area contributed by atoms with Gasteiger partial charge >= 0.3 is 0 Å². The molecule has 4 aromatic carbocycles. The number of aryl methyl sites for hydroxylation is 1. The van der Waals surface area contributed by atoms with E-state index in [-0.39, 0.29) is 21.2 Å². The molecule has 0 bridgehead atoms. The molecule has 0 aliphatic heterocycles. The van der Waals surface area contributed by atoms with E-state index in [1.54, 1.807) is 42.5 Å². The molecule has 5 rings (SSSR count). The van der Waals surface area contributed by atoms with Crippen LogP contribution in [0.5, 0.6) is 0 Å². The second-order valence-corrected chi connectivity index (χ2v) is 9.61. The number of fused-ring (bicyclic) bond motifs is 1. The largest absolute Gasteiger partial charge is 0.354 e. The molecular weight excluding hydrogens is 434 g/mol. The maximum Gasteiger partial charge on any atom is 0.216 e. The van der Waals surface area contributed by atoms with Crippen molar-refractivity contribution in [1.82, 2.24) is 5.16 Å². The molecule has 0 fully saturated rings. The molecule has 6 heteroatoms. The number of aromatic nitrogens is 1. The third kappa shape index (κ3) is 3.64. The van der Waals surface area contributed by atoms with Crippen LogP contribution < -0.4 is 0 Å². The van der Waals surface area contributed by atoms with Crippen molar-refractivity contribution in [3.8, 4) is 11.3 Å². The highest BCUT2D eigenvalue weighted by molar-refractivity contribution is 7.91. The number of carbonyl (C=O) groups excluding carboxylic acids is 1. The summed E-state index contributed by atoms with van der Waals surface area (Å²) in [6.07, 6.45) is 0. The van der Waals surface area contributed by atoms with Gasteiger partial charge in [0.05, 0.1) is 4.90 Å². The van der Waals surface area contributed by atoms with Crippen molar-refractivity contribution in [2.24, 2.45) is 0 Å². The van der Waals surface area contributed by atoms with Gasteiger partial charge < -0.3 is 4.52 Å². The first kappa shape index (κ1) is 20.8. The SMILES string of the molecule is Cc1ccc(-c2onc(C(=O)c3cccc4ccccc34)c2S(=O)(=O)c2ccccc2)cc1. The van der Waals surface area contributed by atoms with Gasteiger partial charge in [0, 0.05) is 11.1 Å². The van der Waals surface area contributed by atoms with Gasteiger partial charge in [0.2, 0.25) is 15.6 Å². The second-order valence-electron chi connectivity index (χ2n) is 7.73. The van der Waals surface area contributed by atoms with Crippen molar-refractivity contribution in [1.29, 1.82) is 0 Å². The van der Waals surface area contributed by atoms with Gasteiger partial charge in [0.15, 0.2) is 16.3 Å². The first-order chi connectivity index (χ1) is 16.0. The maximum atomic E-state index is 13.7. The van der Waals surface area contributed by atoms with Crippen LogP contribution in [0.3, 0.4) is 0 Å². The normalized spacial score (nSPS) is 11.5. The van der Waals surface area contributed by atoms with Crippen LogP contribution in [0.15, 0.2) is 111 Å². The first-order valence-electron chi connectivity index (χ1n) is 10.4. The molecule has 1 aromatic heterocycles. The average molecular weight is 454 g/mol. The van der Waals surface area contributed by atoms with Crippen LogP contribution in [0, 0.1) is 6.92 Å². The zero-order valence-corrected chi connectivity index (χ0v) is 18.5. The molecule has 1 heterocycles. The maximum absolute atomic E-state index is 13.7. The van der Waals surface area contributed by atoms with E-state index >= 15 is 0 Å². The molecule has 5 aromatic rings. The Morgan fingerprint density at radius 3 is 2.21 bits per heavy atom. The van der Waals surface area contributed by atoms with Gasteiger partial charge in [-0.05, 0) is 29.8 Å². The summed E-state index contributed by atoms with van der Waals surface area (Å²) < 4.78 is 33.0. The molecule has 0 atom stereocenters. The Balaban J connectivity index is 1.76. The lowest BCUT2D eigenvalue weighted by molar-refractivity contribution is 0.102. The number of sulfone groups is 1. The van der Waals surface area contributed by atoms with E-state index in [4.69, 9.17) is 4.52 Å². The van der Waals surface area contributed by atoms with Gasteiger partial charge in [-0.3, -0.25) is 4.79 Å². The van der Waals surface area contributed by atoms with Crippen molar-refractivity contribution in [3.05, 3.63) is 114 Å². The predicted octanol–water partition coefficient (Wildman–Crippen LogP) is 5.87. The minimum absolute atomic E-state index is 0.0439. The summed E-state index contributed by atoms with van der Waals surface area (Å²) in [5.41, 5.74) is 1.67. The summed E-state index contributed by atoms with van der Waals surface area (Å²) in [7, 11) is -4.10. The fraction of sp³-hybridized carbons (Fsp3) is 0.0370. The zero-order chi connectivity index (χ0) is 23.0. The molecule has 0 saturated carbocycles. The Kier molecular flexibility index (Phi) is 5.15. The van der Waals surface area contributed by atoms with Crippen molar-refractivity contribution in [3.63, 3.8) is 0 Å². The Labute approximate surface area is 191 Å². The summed E-state index contributed by atoms with van der Waals surface area (Å²) in [5, 5.41) is 5.58. The highest BCUT2D eigenvalue weighted by atomic mass is 32.2. The first-order valence-corrected chi connectivity index (χ1v) is 11.8. The van der Waals surface area contributed by atoms with Crippen LogP contribution in [0.25, 0.3) is 22.1 Å². The van der Waals surface area contributed by atoms with Crippen LogP contribution >= 0.6 is 0 Å². The molecule has 0 radical (unpaired) electrons. The van der Waals surface area contributed by atoms with Crippen molar-refractivity contribution < 1.29 is 17.7 Å². The molecule has 0 saturated heterocycles. The minimum atomic E-state index is -4.10. The van der Waals surface area contributed by atoms with Gasteiger partial charge in [-0.25, -0.2) is 8.42 Å². The van der Waals surface area contributed by atoms with Crippen molar-refractivity contribution >= 4 is 26.4 Å². The summed E-state index contributed by atoms with van der Waals surface area (Å²) in [6.45, 7) is 1.93. The van der Waals surface area contributed by atoms with Gasteiger partial charge in [-0.15, -0.1) is 0 Å². The average Bonchev–Trinajstić information content (AvgIpc) is 3.30. The van der Waals surface area contributed by atoms with Crippen molar-refractivity contribution in [2.45, 2.75) is 16.7 Å². The molecule has 33 heavy (non-hydrogen) atoms. The Morgan fingerprint density at radius 1 is 0.788 bits per heavy atom. The van der Waals surface area contributed by atoms with Crippen LogP contribution in [0.1, 0.15) is 21.6 Å². The summed E-state index contributed by atoms with van der Waals surface area (Å²) in [6, 6.07) is 28.0. The number of rotatable bonds is 5. The summed E-state index contributed by atoms with van der Waals surface area (Å²) >= 11 is 0. The van der Waals surface area contributed by atoms with E-state index < -0.39 is 15.6 Å². The summed E-state index contributed by atoms with van der Waals surface area (Å²) in [4.78, 5) is 13.5. The number of hydrogen-bond acceptors (Lipinski definition) is 5. The number of ketones is 1. The number of nitrogens with zero attached hydrogens (tertiary/aromatic N) is 1. The van der Waals surface area contributed by atoms with Gasteiger partial charge in [0.25, 0.3) is 0 Å². The van der Waals surface area contributed by atoms with Crippen LogP contribution in [0.4, 0.5) is 0 Å². The Hall–Kier alpha value is -4.03. The molecule has 0 aliphatic rings.